The summed E-state index contributed by atoms with van der Waals surface area (Å²) in [6.07, 6.45) is 2.27. The molecule has 0 aromatic carbocycles. The van der Waals surface area contributed by atoms with Crippen LogP contribution in [-0.4, -0.2) is 36.2 Å². The predicted octanol–water partition coefficient (Wildman–Crippen LogP) is 0.262. The second-order valence-corrected chi connectivity index (χ2v) is 4.67. The first-order valence-electron chi connectivity index (χ1n) is 5.76. The number of hydrogen-bond donors (Lipinski definition) is 3. The largest absolute Gasteiger partial charge is 0.393 e. The van der Waals surface area contributed by atoms with E-state index in [4.69, 9.17) is 5.11 Å². The van der Waals surface area contributed by atoms with E-state index in [2.05, 4.69) is 10.6 Å². The minimum Gasteiger partial charge on any atom is -0.393 e. The summed E-state index contributed by atoms with van der Waals surface area (Å²) in [6.45, 7) is 5.57. The summed E-state index contributed by atoms with van der Waals surface area (Å²) >= 11 is 0. The molecule has 0 bridgehead atoms. The molecule has 0 saturated heterocycles. The normalized spacial score (nSPS) is 25.1. The molecule has 4 heteroatoms. The van der Waals surface area contributed by atoms with Gasteiger partial charge in [0.25, 0.3) is 0 Å². The number of carbonyl (C=O) groups is 1. The van der Waals surface area contributed by atoms with Crippen molar-refractivity contribution < 1.29 is 9.90 Å². The second-order valence-electron chi connectivity index (χ2n) is 4.67. The van der Waals surface area contributed by atoms with Crippen molar-refractivity contribution in [3.8, 4) is 0 Å². The highest BCUT2D eigenvalue weighted by Crippen LogP contribution is 2.25. The van der Waals surface area contributed by atoms with E-state index in [-0.39, 0.29) is 18.1 Å². The smallest absolute Gasteiger partial charge is 0.221 e. The van der Waals surface area contributed by atoms with Gasteiger partial charge in [0, 0.05) is 19.0 Å². The molecule has 0 aromatic heterocycles. The van der Waals surface area contributed by atoms with E-state index in [1.165, 1.54) is 0 Å². The van der Waals surface area contributed by atoms with Crippen LogP contribution in [0.25, 0.3) is 0 Å². The van der Waals surface area contributed by atoms with Crippen LogP contribution in [0.2, 0.25) is 0 Å². The lowest BCUT2D eigenvalue weighted by Crippen LogP contribution is -2.38. The quantitative estimate of drug-likeness (QED) is 0.556. The Kier molecular flexibility index (Phi) is 5.05. The van der Waals surface area contributed by atoms with Gasteiger partial charge in [0.2, 0.25) is 5.91 Å². The van der Waals surface area contributed by atoms with Crippen molar-refractivity contribution in [1.82, 2.24) is 10.6 Å². The van der Waals surface area contributed by atoms with Gasteiger partial charge in [-0.15, -0.1) is 0 Å². The van der Waals surface area contributed by atoms with Crippen LogP contribution in [0.15, 0.2) is 0 Å². The van der Waals surface area contributed by atoms with Gasteiger partial charge in [0.15, 0.2) is 0 Å². The van der Waals surface area contributed by atoms with Gasteiger partial charge in [-0.2, -0.15) is 0 Å². The summed E-state index contributed by atoms with van der Waals surface area (Å²) in [5.41, 5.74) is 0. The van der Waals surface area contributed by atoms with Crippen molar-refractivity contribution in [3.63, 3.8) is 0 Å². The lowest BCUT2D eigenvalue weighted by Gasteiger charge is -2.31. The van der Waals surface area contributed by atoms with Crippen molar-refractivity contribution in [2.24, 2.45) is 5.92 Å². The third-order valence-electron chi connectivity index (χ3n) is 2.62. The highest BCUT2D eigenvalue weighted by Gasteiger charge is 2.26. The van der Waals surface area contributed by atoms with Gasteiger partial charge in [-0.3, -0.25) is 4.79 Å². The molecule has 0 unspecified atom stereocenters. The average Bonchev–Trinajstić information content (AvgIpc) is 2.07. The fourth-order valence-electron chi connectivity index (χ4n) is 1.77. The van der Waals surface area contributed by atoms with Crippen molar-refractivity contribution >= 4 is 5.91 Å². The summed E-state index contributed by atoms with van der Waals surface area (Å²) in [5, 5.41) is 15.2. The molecule has 0 heterocycles. The molecule has 15 heavy (non-hydrogen) atoms. The summed E-state index contributed by atoms with van der Waals surface area (Å²) in [6, 6.07) is 0.222. The molecule has 1 aliphatic carbocycles. The van der Waals surface area contributed by atoms with E-state index in [1.807, 2.05) is 13.8 Å². The standard InChI is InChI=1S/C11H22N2O2/c1-8(2)13-11(15)3-4-12-7-9-5-10(14)6-9/h8-10,12,14H,3-7H2,1-2H3,(H,13,15). The number of carbonyl (C=O) groups excluding carboxylic acids is 1. The van der Waals surface area contributed by atoms with E-state index >= 15 is 0 Å². The molecule has 1 amide bonds. The summed E-state index contributed by atoms with van der Waals surface area (Å²) in [4.78, 5) is 11.2. The maximum atomic E-state index is 11.2. The topological polar surface area (TPSA) is 61.4 Å². The lowest BCUT2D eigenvalue weighted by atomic mass is 9.82. The Morgan fingerprint density at radius 2 is 2.13 bits per heavy atom. The Hall–Kier alpha value is -0.610. The third kappa shape index (κ3) is 5.14. The Labute approximate surface area is 91.4 Å². The second kappa shape index (κ2) is 6.08. The van der Waals surface area contributed by atoms with Crippen LogP contribution in [0, 0.1) is 5.92 Å². The number of amides is 1. The van der Waals surface area contributed by atoms with Crippen LogP contribution in [0.4, 0.5) is 0 Å². The molecule has 0 spiro atoms. The molecule has 1 aliphatic rings. The van der Waals surface area contributed by atoms with Crippen molar-refractivity contribution in [2.45, 2.75) is 45.3 Å². The molecular weight excluding hydrogens is 192 g/mol. The maximum Gasteiger partial charge on any atom is 0.221 e. The maximum absolute atomic E-state index is 11.2. The number of rotatable bonds is 6. The molecule has 1 fully saturated rings. The zero-order valence-electron chi connectivity index (χ0n) is 9.62. The van der Waals surface area contributed by atoms with Gasteiger partial charge in [0.1, 0.15) is 0 Å². The number of aliphatic hydroxyl groups is 1. The zero-order chi connectivity index (χ0) is 11.3. The summed E-state index contributed by atoms with van der Waals surface area (Å²) in [5.74, 6) is 0.708. The molecule has 1 saturated carbocycles. The summed E-state index contributed by atoms with van der Waals surface area (Å²) in [7, 11) is 0. The van der Waals surface area contributed by atoms with Gasteiger partial charge in [0.05, 0.1) is 6.10 Å². The fourth-order valence-corrected chi connectivity index (χ4v) is 1.77. The van der Waals surface area contributed by atoms with E-state index in [0.717, 1.165) is 25.9 Å². The molecule has 0 atom stereocenters. The van der Waals surface area contributed by atoms with E-state index in [9.17, 15) is 4.79 Å². The van der Waals surface area contributed by atoms with Crippen LogP contribution >= 0.6 is 0 Å². The molecule has 0 aromatic rings. The van der Waals surface area contributed by atoms with Crippen LogP contribution in [0.1, 0.15) is 33.1 Å². The van der Waals surface area contributed by atoms with E-state index in [0.29, 0.717) is 12.3 Å². The minimum absolute atomic E-state index is 0.0824. The SMILES string of the molecule is CC(C)NC(=O)CCNCC1CC(O)C1. The first kappa shape index (κ1) is 12.5. The Bertz CT molecular complexity index is 201. The molecule has 1 rings (SSSR count). The van der Waals surface area contributed by atoms with Crippen LogP contribution in [-0.2, 0) is 4.79 Å². The summed E-state index contributed by atoms with van der Waals surface area (Å²) < 4.78 is 0. The van der Waals surface area contributed by atoms with Gasteiger partial charge in [-0.25, -0.2) is 0 Å². The van der Waals surface area contributed by atoms with Crippen LogP contribution in [0.3, 0.4) is 0 Å². The molecule has 0 aliphatic heterocycles. The average molecular weight is 214 g/mol. The number of hydrogen-bond acceptors (Lipinski definition) is 3. The zero-order valence-corrected chi connectivity index (χ0v) is 9.62. The van der Waals surface area contributed by atoms with Crippen molar-refractivity contribution in [2.75, 3.05) is 13.1 Å². The fraction of sp³-hybridized carbons (Fsp3) is 0.909. The van der Waals surface area contributed by atoms with Gasteiger partial charge < -0.3 is 15.7 Å². The molecule has 88 valence electrons. The lowest BCUT2D eigenvalue weighted by molar-refractivity contribution is -0.121. The van der Waals surface area contributed by atoms with Crippen molar-refractivity contribution in [3.05, 3.63) is 0 Å². The van der Waals surface area contributed by atoms with Gasteiger partial charge >= 0.3 is 0 Å². The molecule has 3 N–H and O–H groups in total. The van der Waals surface area contributed by atoms with E-state index < -0.39 is 0 Å². The molecular formula is C11H22N2O2. The Morgan fingerprint density at radius 1 is 1.47 bits per heavy atom. The van der Waals surface area contributed by atoms with E-state index in [1.54, 1.807) is 0 Å². The Morgan fingerprint density at radius 3 is 2.67 bits per heavy atom. The Balaban J connectivity index is 1.90. The third-order valence-corrected chi connectivity index (χ3v) is 2.62. The highest BCUT2D eigenvalue weighted by molar-refractivity contribution is 5.76. The molecule has 0 radical (unpaired) electrons. The highest BCUT2D eigenvalue weighted by atomic mass is 16.3. The van der Waals surface area contributed by atoms with Gasteiger partial charge in [-0.05, 0) is 39.2 Å². The van der Waals surface area contributed by atoms with Crippen LogP contribution < -0.4 is 10.6 Å². The molecule has 4 nitrogen and oxygen atoms in total. The number of nitrogens with one attached hydrogen (secondary N) is 2. The van der Waals surface area contributed by atoms with Gasteiger partial charge in [-0.1, -0.05) is 0 Å². The minimum atomic E-state index is -0.0824. The first-order chi connectivity index (χ1) is 7.08. The van der Waals surface area contributed by atoms with Crippen molar-refractivity contribution in [1.29, 1.82) is 0 Å². The monoisotopic (exact) mass is 214 g/mol. The number of aliphatic hydroxyl groups excluding tert-OH is 1. The van der Waals surface area contributed by atoms with Crippen LogP contribution in [0.5, 0.6) is 0 Å². The predicted molar refractivity (Wildman–Crippen MR) is 59.5 cm³/mol. The first-order valence-corrected chi connectivity index (χ1v) is 5.76.